The second-order valence-electron chi connectivity index (χ2n) is 7.81. The molecule has 0 N–H and O–H groups in total. The van der Waals surface area contributed by atoms with Gasteiger partial charge in [0.25, 0.3) is 5.69 Å². The van der Waals surface area contributed by atoms with Crippen LogP contribution in [0.4, 0.5) is 19.3 Å². The molecule has 1 aromatic carbocycles. The lowest BCUT2D eigenvalue weighted by atomic mass is 10.0. The lowest BCUT2D eigenvalue weighted by molar-refractivity contribution is -0.0915. The number of hydrogen-bond donors (Lipinski definition) is 0. The Hall–Kier alpha value is -2.24. The molecular weight excluding hydrogens is 356 g/mol. The molecule has 2 aliphatic rings. The van der Waals surface area contributed by atoms with E-state index in [-0.39, 0.29) is 17.7 Å². The number of halogens is 2. The Labute approximate surface area is 157 Å². The van der Waals surface area contributed by atoms with E-state index in [4.69, 9.17) is 16.0 Å². The summed E-state index contributed by atoms with van der Waals surface area (Å²) >= 11 is 0. The van der Waals surface area contributed by atoms with E-state index in [1.807, 2.05) is 20.8 Å². The van der Waals surface area contributed by atoms with Crippen LogP contribution in [0.5, 0.6) is 0 Å². The van der Waals surface area contributed by atoms with Crippen molar-refractivity contribution in [2.24, 2.45) is 0 Å². The van der Waals surface area contributed by atoms with Crippen LogP contribution in [-0.2, 0) is 9.47 Å². The highest BCUT2D eigenvalue weighted by Gasteiger charge is 2.37. The Kier molecular flexibility index (Phi) is 5.36. The van der Waals surface area contributed by atoms with Crippen LogP contribution in [0.25, 0.3) is 4.85 Å². The Morgan fingerprint density at radius 2 is 2.04 bits per heavy atom. The molecule has 146 valence electrons. The van der Waals surface area contributed by atoms with E-state index >= 15 is 0 Å². The van der Waals surface area contributed by atoms with Gasteiger partial charge in [0.2, 0.25) is 0 Å². The average Bonchev–Trinajstić information content (AvgIpc) is 2.60. The van der Waals surface area contributed by atoms with Gasteiger partial charge in [0.15, 0.2) is 0 Å². The van der Waals surface area contributed by atoms with Gasteiger partial charge in [-0.1, -0.05) is 6.07 Å². The number of benzene rings is 1. The molecule has 6 nitrogen and oxygen atoms in total. The van der Waals surface area contributed by atoms with Gasteiger partial charge >= 0.3 is 6.09 Å². The molecule has 3 rings (SSSR count). The van der Waals surface area contributed by atoms with Crippen molar-refractivity contribution < 1.29 is 23.0 Å². The van der Waals surface area contributed by atoms with E-state index in [2.05, 4.69) is 9.74 Å². The SMILES string of the molecule is [C-]#[N+]c1c(F)ccc([C@H]2CN3CCN(C(=O)OC(C)(C)C)C[C@H]3CO2)c1F. The molecule has 0 saturated carbocycles. The number of fused-ring (bicyclic) bond motifs is 1. The standard InChI is InChI=1S/C19H23F2N3O3/c1-19(2,3)27-18(25)24-8-7-23-10-15(26-11-12(23)9-24)13-5-6-14(20)17(22-4)16(13)21/h5-6,12,15H,7-11H2,1-3H3/t12-,15+/m0/s1. The summed E-state index contributed by atoms with van der Waals surface area (Å²) in [5, 5.41) is 0. The Bertz CT molecular complexity index is 773. The van der Waals surface area contributed by atoms with Crippen molar-refractivity contribution >= 4 is 11.8 Å². The second-order valence-corrected chi connectivity index (χ2v) is 7.81. The van der Waals surface area contributed by atoms with Crippen LogP contribution in [0.3, 0.4) is 0 Å². The topological polar surface area (TPSA) is 46.4 Å². The van der Waals surface area contributed by atoms with E-state index in [9.17, 15) is 13.6 Å². The van der Waals surface area contributed by atoms with Gasteiger partial charge in [0.1, 0.15) is 17.2 Å². The molecule has 0 aromatic heterocycles. The first-order valence-corrected chi connectivity index (χ1v) is 8.88. The smallest absolute Gasteiger partial charge is 0.410 e. The molecule has 0 aliphatic carbocycles. The van der Waals surface area contributed by atoms with Crippen molar-refractivity contribution in [3.63, 3.8) is 0 Å². The maximum absolute atomic E-state index is 14.4. The molecule has 2 saturated heterocycles. The fourth-order valence-electron chi connectivity index (χ4n) is 3.37. The summed E-state index contributed by atoms with van der Waals surface area (Å²) in [5.74, 6) is -1.73. The minimum atomic E-state index is -0.870. The van der Waals surface area contributed by atoms with Gasteiger partial charge in [-0.2, -0.15) is 0 Å². The molecule has 0 bridgehead atoms. The molecule has 1 aromatic rings. The summed E-state index contributed by atoms with van der Waals surface area (Å²) in [4.78, 5) is 19.0. The molecule has 27 heavy (non-hydrogen) atoms. The minimum Gasteiger partial charge on any atom is -0.444 e. The van der Waals surface area contributed by atoms with Crippen molar-refractivity contribution in [3.8, 4) is 0 Å². The van der Waals surface area contributed by atoms with Gasteiger partial charge in [0.05, 0.1) is 25.3 Å². The molecule has 0 spiro atoms. The van der Waals surface area contributed by atoms with E-state index in [0.717, 1.165) is 6.07 Å². The maximum atomic E-state index is 14.4. The lowest BCUT2D eigenvalue weighted by Crippen LogP contribution is -2.60. The summed E-state index contributed by atoms with van der Waals surface area (Å²) in [6.07, 6.45) is -0.925. The summed E-state index contributed by atoms with van der Waals surface area (Å²) in [5.41, 5.74) is -0.966. The number of carbonyl (C=O) groups excluding carboxylic acids is 1. The monoisotopic (exact) mass is 379 g/mol. The highest BCUT2D eigenvalue weighted by atomic mass is 19.1. The molecule has 0 unspecified atom stereocenters. The largest absolute Gasteiger partial charge is 0.444 e. The van der Waals surface area contributed by atoms with Gasteiger partial charge in [-0.05, 0) is 26.8 Å². The normalized spacial score (nSPS) is 23.5. The van der Waals surface area contributed by atoms with E-state index in [1.54, 1.807) is 4.90 Å². The highest BCUT2D eigenvalue weighted by molar-refractivity contribution is 5.68. The molecule has 2 fully saturated rings. The summed E-state index contributed by atoms with van der Waals surface area (Å²) in [7, 11) is 0. The van der Waals surface area contributed by atoms with Crippen molar-refractivity contribution in [1.82, 2.24) is 9.80 Å². The number of carbonyl (C=O) groups is 1. The van der Waals surface area contributed by atoms with Crippen LogP contribution in [0.15, 0.2) is 12.1 Å². The Morgan fingerprint density at radius 3 is 2.70 bits per heavy atom. The zero-order valence-electron chi connectivity index (χ0n) is 15.7. The fraction of sp³-hybridized carbons (Fsp3) is 0.579. The molecule has 8 heteroatoms. The zero-order valence-corrected chi connectivity index (χ0v) is 15.7. The number of amides is 1. The van der Waals surface area contributed by atoms with E-state index < -0.39 is 29.0 Å². The number of nitrogens with zero attached hydrogens (tertiary/aromatic N) is 3. The van der Waals surface area contributed by atoms with Gasteiger partial charge in [-0.15, -0.1) is 0 Å². The third-order valence-corrected chi connectivity index (χ3v) is 4.70. The van der Waals surface area contributed by atoms with Gasteiger partial charge in [0, 0.05) is 31.7 Å². The number of hydrogen-bond acceptors (Lipinski definition) is 4. The van der Waals surface area contributed by atoms with Crippen LogP contribution >= 0.6 is 0 Å². The number of rotatable bonds is 1. The molecule has 2 aliphatic heterocycles. The highest BCUT2D eigenvalue weighted by Crippen LogP contribution is 2.33. The third kappa shape index (κ3) is 4.20. The summed E-state index contributed by atoms with van der Waals surface area (Å²) in [6, 6.07) is 2.43. The lowest BCUT2D eigenvalue weighted by Gasteiger charge is -2.46. The number of ether oxygens (including phenoxy) is 2. The first-order chi connectivity index (χ1) is 12.7. The molecule has 1 amide bonds. The van der Waals surface area contributed by atoms with Crippen LogP contribution in [-0.4, -0.2) is 60.3 Å². The molecule has 2 heterocycles. The first kappa shape index (κ1) is 19.5. The Morgan fingerprint density at radius 1 is 1.30 bits per heavy atom. The third-order valence-electron chi connectivity index (χ3n) is 4.70. The predicted molar refractivity (Wildman–Crippen MR) is 94.5 cm³/mol. The predicted octanol–water partition coefficient (Wildman–Crippen LogP) is 3.51. The summed E-state index contributed by atoms with van der Waals surface area (Å²) < 4.78 is 39.2. The molecule has 2 atom stereocenters. The van der Waals surface area contributed by atoms with Gasteiger partial charge in [-0.3, -0.25) is 4.90 Å². The van der Waals surface area contributed by atoms with Crippen molar-refractivity contribution in [2.75, 3.05) is 32.8 Å². The van der Waals surface area contributed by atoms with Crippen LogP contribution in [0, 0.1) is 18.2 Å². The van der Waals surface area contributed by atoms with Crippen molar-refractivity contribution in [3.05, 3.63) is 40.7 Å². The molecule has 0 radical (unpaired) electrons. The van der Waals surface area contributed by atoms with E-state index in [1.165, 1.54) is 6.07 Å². The van der Waals surface area contributed by atoms with Crippen molar-refractivity contribution in [1.29, 1.82) is 0 Å². The van der Waals surface area contributed by atoms with Crippen LogP contribution < -0.4 is 0 Å². The minimum absolute atomic E-state index is 0.00800. The number of piperazine rings is 1. The first-order valence-electron chi connectivity index (χ1n) is 8.88. The van der Waals surface area contributed by atoms with Crippen LogP contribution in [0.1, 0.15) is 32.4 Å². The fourth-order valence-corrected chi connectivity index (χ4v) is 3.37. The van der Waals surface area contributed by atoms with Crippen molar-refractivity contribution in [2.45, 2.75) is 38.5 Å². The quantitative estimate of drug-likeness (QED) is 0.701. The average molecular weight is 379 g/mol. The van der Waals surface area contributed by atoms with E-state index in [0.29, 0.717) is 32.8 Å². The van der Waals surface area contributed by atoms with Gasteiger partial charge < -0.3 is 14.4 Å². The second kappa shape index (κ2) is 7.41. The summed E-state index contributed by atoms with van der Waals surface area (Å²) in [6.45, 7) is 14.8. The van der Waals surface area contributed by atoms with Gasteiger partial charge in [-0.25, -0.2) is 18.4 Å². The van der Waals surface area contributed by atoms with Crippen LogP contribution in [0.2, 0.25) is 0 Å². The zero-order chi connectivity index (χ0) is 19.8. The molecular formula is C19H23F2N3O3. The number of morpholine rings is 1. The maximum Gasteiger partial charge on any atom is 0.410 e. The Balaban J connectivity index is 1.67.